The van der Waals surface area contributed by atoms with E-state index in [1.165, 1.54) is 0 Å². The molecule has 5 N–H and O–H groups in total. The van der Waals surface area contributed by atoms with Gasteiger partial charge in [-0.2, -0.15) is 0 Å². The Labute approximate surface area is 273 Å². The lowest BCUT2D eigenvalue weighted by Gasteiger charge is -2.20. The smallest absolute Gasteiger partial charge is 0.208 e. The van der Waals surface area contributed by atoms with Crippen molar-refractivity contribution in [1.82, 2.24) is 0 Å². The van der Waals surface area contributed by atoms with E-state index < -0.39 is 28.7 Å². The van der Waals surface area contributed by atoms with Gasteiger partial charge in [-0.25, -0.2) is 0 Å². The Kier molecular flexibility index (Phi) is 5.86. The minimum atomic E-state index is -0.998. The zero-order valence-corrected chi connectivity index (χ0v) is 25.3. The van der Waals surface area contributed by atoms with Gasteiger partial charge in [-0.05, 0) is 72.8 Å². The van der Waals surface area contributed by atoms with Crippen LogP contribution in [0, 0.1) is 0 Å². The number of fused-ring (bicyclic) bond motifs is 6. The molecule has 230 valence electrons. The zero-order valence-electron chi connectivity index (χ0n) is 25.3. The van der Waals surface area contributed by atoms with Crippen molar-refractivity contribution in [3.63, 3.8) is 0 Å². The maximum atomic E-state index is 11.0. The number of hydrogen-bond acceptors (Lipinski definition) is 6. The molecule has 0 saturated heterocycles. The summed E-state index contributed by atoms with van der Waals surface area (Å²) < 4.78 is 6.40. The summed E-state index contributed by atoms with van der Waals surface area (Å²) in [5, 5.41) is 60.4. The van der Waals surface area contributed by atoms with Gasteiger partial charge in [-0.3, -0.25) is 0 Å². The number of aromatic hydroxyl groups is 5. The average molecular weight is 627 g/mol. The fourth-order valence-electron chi connectivity index (χ4n) is 7.30. The monoisotopic (exact) mass is 626 g/mol. The third-order valence-electron chi connectivity index (χ3n) is 9.42. The summed E-state index contributed by atoms with van der Waals surface area (Å²) >= 11 is 0. The standard InChI is InChI=1S/C42H26O6/c43-38-37(39(44)41(46)42(47)40(38)45)36-29-14-5-3-12-27(29)34(28-13-4-6-15-30(28)36)23-19-20-32-31(21-23)35-26(17-8-18-33(35)48-32)25-16-7-10-22-9-1-2-11-24(22)25/h1-21,43-47H. The van der Waals surface area contributed by atoms with Gasteiger partial charge in [-0.1, -0.05) is 109 Å². The van der Waals surface area contributed by atoms with Crippen LogP contribution in [0.4, 0.5) is 0 Å². The molecule has 1 aromatic heterocycles. The molecule has 0 aliphatic rings. The fourth-order valence-corrected chi connectivity index (χ4v) is 7.30. The molecule has 6 heteroatoms. The molecule has 0 bridgehead atoms. The van der Waals surface area contributed by atoms with Crippen LogP contribution < -0.4 is 0 Å². The van der Waals surface area contributed by atoms with E-state index in [0.29, 0.717) is 16.3 Å². The van der Waals surface area contributed by atoms with Crippen LogP contribution in [0.3, 0.4) is 0 Å². The van der Waals surface area contributed by atoms with Gasteiger partial charge >= 0.3 is 0 Å². The van der Waals surface area contributed by atoms with E-state index in [1.54, 1.807) is 0 Å². The summed E-state index contributed by atoms with van der Waals surface area (Å²) in [5.41, 5.74) is 5.82. The predicted molar refractivity (Wildman–Crippen MR) is 191 cm³/mol. The Morgan fingerprint density at radius 2 is 0.875 bits per heavy atom. The van der Waals surface area contributed by atoms with Crippen molar-refractivity contribution >= 4 is 54.3 Å². The van der Waals surface area contributed by atoms with Crippen LogP contribution in [0.15, 0.2) is 132 Å². The van der Waals surface area contributed by atoms with Gasteiger partial charge in [0, 0.05) is 16.3 Å². The van der Waals surface area contributed by atoms with Crippen LogP contribution in [0.25, 0.3) is 87.6 Å². The Balaban J connectivity index is 1.37. The summed E-state index contributed by atoms with van der Waals surface area (Å²) in [7, 11) is 0. The molecule has 9 rings (SSSR count). The van der Waals surface area contributed by atoms with E-state index in [4.69, 9.17) is 4.42 Å². The molecule has 8 aromatic carbocycles. The third kappa shape index (κ3) is 3.80. The first-order valence-electron chi connectivity index (χ1n) is 15.5. The Morgan fingerprint density at radius 3 is 1.54 bits per heavy atom. The fraction of sp³-hybridized carbons (Fsp3) is 0. The molecule has 6 nitrogen and oxygen atoms in total. The molecule has 1 heterocycles. The van der Waals surface area contributed by atoms with Gasteiger partial charge < -0.3 is 29.9 Å². The molecule has 48 heavy (non-hydrogen) atoms. The highest BCUT2D eigenvalue weighted by molar-refractivity contribution is 6.24. The maximum Gasteiger partial charge on any atom is 0.208 e. The van der Waals surface area contributed by atoms with E-state index in [2.05, 4.69) is 48.5 Å². The summed E-state index contributed by atoms with van der Waals surface area (Å²) in [6.07, 6.45) is 0. The van der Waals surface area contributed by atoms with Crippen LogP contribution in [0.2, 0.25) is 0 Å². The average Bonchev–Trinajstić information content (AvgIpc) is 3.51. The maximum absolute atomic E-state index is 11.0. The minimum Gasteiger partial charge on any atom is -0.504 e. The summed E-state index contributed by atoms with van der Waals surface area (Å²) in [6.45, 7) is 0. The first-order chi connectivity index (χ1) is 23.4. The van der Waals surface area contributed by atoms with Gasteiger partial charge in [0.2, 0.25) is 17.2 Å². The number of furan rings is 1. The van der Waals surface area contributed by atoms with Crippen LogP contribution >= 0.6 is 0 Å². The third-order valence-corrected chi connectivity index (χ3v) is 9.42. The molecule has 0 unspecified atom stereocenters. The normalized spacial score (nSPS) is 11.8. The second-order valence-corrected chi connectivity index (χ2v) is 12.0. The van der Waals surface area contributed by atoms with Crippen molar-refractivity contribution in [2.45, 2.75) is 0 Å². The number of benzene rings is 8. The first kappa shape index (κ1) is 27.6. The Hall–Kier alpha value is -6.66. The molecule has 0 spiro atoms. The van der Waals surface area contributed by atoms with E-state index in [0.717, 1.165) is 65.7 Å². The van der Waals surface area contributed by atoms with E-state index in [-0.39, 0.29) is 5.56 Å². The molecular formula is C42H26O6. The molecule has 0 aliphatic heterocycles. The van der Waals surface area contributed by atoms with Gasteiger partial charge in [-0.15, -0.1) is 0 Å². The van der Waals surface area contributed by atoms with Gasteiger partial charge in [0.05, 0.1) is 5.56 Å². The second kappa shape index (κ2) is 10.2. The van der Waals surface area contributed by atoms with Crippen LogP contribution in [0.1, 0.15) is 0 Å². The first-order valence-corrected chi connectivity index (χ1v) is 15.5. The van der Waals surface area contributed by atoms with Crippen molar-refractivity contribution in [1.29, 1.82) is 0 Å². The summed E-state index contributed by atoms with van der Waals surface area (Å²) in [4.78, 5) is 0. The largest absolute Gasteiger partial charge is 0.504 e. The van der Waals surface area contributed by atoms with Gasteiger partial charge in [0.1, 0.15) is 11.2 Å². The number of phenolic OH excluding ortho intramolecular Hbond substituents is 5. The van der Waals surface area contributed by atoms with E-state index >= 15 is 0 Å². The zero-order chi connectivity index (χ0) is 32.7. The van der Waals surface area contributed by atoms with Crippen molar-refractivity contribution in [2.24, 2.45) is 0 Å². The topological polar surface area (TPSA) is 114 Å². The SMILES string of the molecule is Oc1c(O)c(O)c(-c2c3ccccc3c(-c3ccc4oc5cccc(-c6cccc7ccccc67)c5c4c3)c3ccccc23)c(O)c1O. The lowest BCUT2D eigenvalue weighted by Crippen LogP contribution is -1.92. The second-order valence-electron chi connectivity index (χ2n) is 12.0. The van der Waals surface area contributed by atoms with E-state index in [9.17, 15) is 25.5 Å². The molecule has 0 saturated carbocycles. The number of hydrogen-bond donors (Lipinski definition) is 5. The quantitative estimate of drug-likeness (QED) is 0.0757. The van der Waals surface area contributed by atoms with Crippen molar-refractivity contribution in [3.05, 3.63) is 127 Å². The molecular weight excluding hydrogens is 600 g/mol. The highest BCUT2D eigenvalue weighted by Gasteiger charge is 2.28. The molecule has 0 aliphatic carbocycles. The lowest BCUT2D eigenvalue weighted by molar-refractivity contribution is 0.330. The molecule has 0 fully saturated rings. The number of rotatable bonds is 3. The predicted octanol–water partition coefficient (Wildman–Crippen LogP) is 10.6. The highest BCUT2D eigenvalue weighted by Crippen LogP contribution is 2.57. The molecule has 0 radical (unpaired) electrons. The van der Waals surface area contributed by atoms with Crippen LogP contribution in [0.5, 0.6) is 28.7 Å². The number of phenols is 5. The van der Waals surface area contributed by atoms with E-state index in [1.807, 2.05) is 78.9 Å². The van der Waals surface area contributed by atoms with Crippen molar-refractivity contribution < 1.29 is 29.9 Å². The van der Waals surface area contributed by atoms with Crippen molar-refractivity contribution in [2.75, 3.05) is 0 Å². The van der Waals surface area contributed by atoms with Gasteiger partial charge in [0.15, 0.2) is 11.5 Å². The van der Waals surface area contributed by atoms with Crippen molar-refractivity contribution in [3.8, 4) is 62.1 Å². The van der Waals surface area contributed by atoms with Crippen LogP contribution in [-0.4, -0.2) is 25.5 Å². The Bertz CT molecular complexity index is 2700. The van der Waals surface area contributed by atoms with Gasteiger partial charge in [0.25, 0.3) is 0 Å². The molecule has 9 aromatic rings. The molecule has 0 atom stereocenters. The lowest BCUT2D eigenvalue weighted by atomic mass is 9.85. The minimum absolute atomic E-state index is 0.183. The summed E-state index contributed by atoms with van der Waals surface area (Å²) in [6, 6.07) is 42.2. The Morgan fingerprint density at radius 1 is 0.354 bits per heavy atom. The summed E-state index contributed by atoms with van der Waals surface area (Å²) in [5.74, 6) is -4.31. The van der Waals surface area contributed by atoms with Crippen LogP contribution in [-0.2, 0) is 0 Å². The molecule has 0 amide bonds. The highest BCUT2D eigenvalue weighted by atomic mass is 16.4.